The molecule has 9 aromatic carbocycles. The molecule has 2 aliphatic heterocycles. The van der Waals surface area contributed by atoms with Crippen molar-refractivity contribution < 1.29 is 0 Å². The highest BCUT2D eigenvalue weighted by molar-refractivity contribution is 7.02. The average molecular weight is 958 g/mol. The number of aromatic nitrogens is 2. The van der Waals surface area contributed by atoms with E-state index in [-0.39, 0.29) is 13.4 Å². The van der Waals surface area contributed by atoms with E-state index in [1.165, 1.54) is 188 Å². The van der Waals surface area contributed by atoms with Gasteiger partial charge in [0.2, 0.25) is 13.4 Å². The summed E-state index contributed by atoms with van der Waals surface area (Å²) in [7, 11) is 0. The van der Waals surface area contributed by atoms with Crippen molar-refractivity contribution in [2.45, 2.75) is 104 Å². The van der Waals surface area contributed by atoms with Crippen molar-refractivity contribution in [2.24, 2.45) is 0 Å². The second kappa shape index (κ2) is 16.3. The van der Waals surface area contributed by atoms with E-state index >= 15 is 0 Å². The maximum atomic E-state index is 2.72. The molecule has 0 spiro atoms. The van der Waals surface area contributed by atoms with Crippen molar-refractivity contribution >= 4 is 107 Å². The molecule has 13 rings (SSSR count). The Labute approximate surface area is 438 Å². The zero-order chi connectivity index (χ0) is 51.7. The molecule has 0 saturated carbocycles. The van der Waals surface area contributed by atoms with Gasteiger partial charge >= 0.3 is 0 Å². The topological polar surface area (TPSA) is 13.1 Å². The molecule has 4 heterocycles. The van der Waals surface area contributed by atoms with E-state index in [4.69, 9.17) is 0 Å². The first-order valence-corrected chi connectivity index (χ1v) is 26.8. The smallest absolute Gasteiger partial charge is 0.247 e. The van der Waals surface area contributed by atoms with Crippen LogP contribution in [0.3, 0.4) is 0 Å². The minimum atomic E-state index is 0.00304. The third kappa shape index (κ3) is 6.34. The second-order valence-electron chi connectivity index (χ2n) is 22.8. The molecule has 0 aliphatic carbocycles. The van der Waals surface area contributed by atoms with Crippen LogP contribution in [0.2, 0.25) is 0 Å². The van der Waals surface area contributed by atoms with Crippen LogP contribution in [0.25, 0.3) is 55.0 Å². The van der Waals surface area contributed by atoms with Gasteiger partial charge in [-0.3, -0.25) is 0 Å². The molecule has 2 aliphatic rings. The maximum Gasteiger partial charge on any atom is 0.247 e. The molecule has 3 nitrogen and oxygen atoms in total. The number of fused-ring (bicyclic) bond motifs is 10. The Morgan fingerprint density at radius 2 is 0.568 bits per heavy atom. The van der Waals surface area contributed by atoms with Gasteiger partial charge in [0.05, 0.1) is 22.1 Å². The molecule has 74 heavy (non-hydrogen) atoms. The molecule has 362 valence electrons. The third-order valence-electron chi connectivity index (χ3n) is 18.7. The van der Waals surface area contributed by atoms with Gasteiger partial charge in [-0.2, -0.15) is 0 Å². The molecule has 0 bridgehead atoms. The van der Waals surface area contributed by atoms with E-state index in [1.807, 2.05) is 0 Å². The second-order valence-corrected chi connectivity index (χ2v) is 22.8. The average Bonchev–Trinajstić information content (AvgIpc) is 3.88. The van der Waals surface area contributed by atoms with Crippen LogP contribution >= 0.6 is 0 Å². The normalized spacial score (nSPS) is 13.0. The van der Waals surface area contributed by atoms with E-state index in [0.717, 1.165) is 0 Å². The van der Waals surface area contributed by atoms with Crippen LogP contribution in [-0.4, -0.2) is 22.6 Å². The quantitative estimate of drug-likeness (QED) is 0.160. The minimum Gasteiger partial charge on any atom is -0.312 e. The Morgan fingerprint density at radius 1 is 0.270 bits per heavy atom. The van der Waals surface area contributed by atoms with Crippen LogP contribution in [0.4, 0.5) is 17.1 Å². The fourth-order valence-electron chi connectivity index (χ4n) is 14.1. The lowest BCUT2D eigenvalue weighted by Crippen LogP contribution is -2.66. The number of nitrogens with zero attached hydrogens (tertiary/aromatic N) is 3. The Hall–Kier alpha value is -7.49. The highest BCUT2D eigenvalue weighted by Crippen LogP contribution is 2.43. The van der Waals surface area contributed by atoms with Gasteiger partial charge in [0.15, 0.2) is 0 Å². The standard InChI is InChI=1S/C69H65B2N3/c1-36-16-24-61-53(28-36)54-29-37(2)17-25-62(54)72(61)51-20-22-57-65(34-51)74-66-35-52(73-63-26-18-38(3)30-55(63)56-31-39(4)19-27-64(56)73)21-23-58(66)71(68-49(14)45(10)42(7)46(11)50(68)15)60-33-40(5)32-59(69(60)74)70(57)67-47(12)43(8)41(6)44(9)48(67)13/h16-35H,1-15H3. The number of hydrogen-bond donors (Lipinski definition) is 0. The van der Waals surface area contributed by atoms with Crippen molar-refractivity contribution in [1.82, 2.24) is 9.13 Å². The lowest BCUT2D eigenvalue weighted by Gasteiger charge is -2.45. The first kappa shape index (κ1) is 46.3. The van der Waals surface area contributed by atoms with E-state index in [9.17, 15) is 0 Å². The molecule has 0 atom stereocenters. The maximum absolute atomic E-state index is 2.72. The van der Waals surface area contributed by atoms with E-state index in [0.29, 0.717) is 0 Å². The van der Waals surface area contributed by atoms with Crippen LogP contribution in [0.15, 0.2) is 121 Å². The lowest BCUT2D eigenvalue weighted by atomic mass is 9.29. The molecule has 0 unspecified atom stereocenters. The molecular formula is C69H65B2N3. The lowest BCUT2D eigenvalue weighted by molar-refractivity contribution is 1.16. The van der Waals surface area contributed by atoms with Gasteiger partial charge < -0.3 is 14.0 Å². The summed E-state index contributed by atoms with van der Waals surface area (Å²) in [5.74, 6) is 0. The Bertz CT molecular complexity index is 3880. The molecular weight excluding hydrogens is 892 g/mol. The number of benzene rings is 9. The third-order valence-corrected chi connectivity index (χ3v) is 18.7. The summed E-state index contributed by atoms with van der Waals surface area (Å²) in [5.41, 5.74) is 39.7. The van der Waals surface area contributed by atoms with Gasteiger partial charge in [-0.15, -0.1) is 0 Å². The molecule has 0 N–H and O–H groups in total. The SMILES string of the molecule is Cc1cc2c3c(c1)B(c1c(C)c(C)c(C)c(C)c1C)c1ccc(-n4c5ccc(C)cc5c5cc(C)ccc54)cc1N3c1cc(-n3c4ccc(C)cc4c4cc(C)ccc43)ccc1B2c1c(C)c(C)c(C)c(C)c1C. The zero-order valence-electron chi connectivity index (χ0n) is 46.0. The van der Waals surface area contributed by atoms with Crippen LogP contribution in [0.1, 0.15) is 83.5 Å². The predicted octanol–water partition coefficient (Wildman–Crippen LogP) is 13.6. The Morgan fingerprint density at radius 3 is 0.878 bits per heavy atom. The van der Waals surface area contributed by atoms with Crippen LogP contribution < -0.4 is 37.7 Å². The summed E-state index contributed by atoms with van der Waals surface area (Å²) >= 11 is 0. The van der Waals surface area contributed by atoms with Crippen molar-refractivity contribution in [3.8, 4) is 11.4 Å². The Balaban J connectivity index is 1.19. The molecule has 0 radical (unpaired) electrons. The molecule has 0 fully saturated rings. The summed E-state index contributed by atoms with van der Waals surface area (Å²) in [6.07, 6.45) is 0. The van der Waals surface area contributed by atoms with Gasteiger partial charge in [-0.25, -0.2) is 0 Å². The summed E-state index contributed by atoms with van der Waals surface area (Å²) in [6.45, 7) is 34.7. The van der Waals surface area contributed by atoms with Crippen molar-refractivity contribution in [3.63, 3.8) is 0 Å². The highest BCUT2D eigenvalue weighted by atomic mass is 15.2. The summed E-state index contributed by atoms with van der Waals surface area (Å²) in [4.78, 5) is 2.72. The summed E-state index contributed by atoms with van der Waals surface area (Å²) in [5, 5.41) is 5.17. The molecule has 2 aromatic heterocycles. The van der Waals surface area contributed by atoms with E-state index in [1.54, 1.807) is 0 Å². The van der Waals surface area contributed by atoms with Crippen molar-refractivity contribution in [2.75, 3.05) is 4.90 Å². The van der Waals surface area contributed by atoms with Gasteiger partial charge in [-0.1, -0.05) is 110 Å². The van der Waals surface area contributed by atoms with Gasteiger partial charge in [0.1, 0.15) is 0 Å². The zero-order valence-corrected chi connectivity index (χ0v) is 46.0. The van der Waals surface area contributed by atoms with Crippen molar-refractivity contribution in [3.05, 3.63) is 205 Å². The summed E-state index contributed by atoms with van der Waals surface area (Å²) in [6, 6.07) is 47.9. The number of hydrogen-bond acceptors (Lipinski definition) is 1. The number of rotatable bonds is 4. The fraction of sp³-hybridized carbons (Fsp3) is 0.217. The van der Waals surface area contributed by atoms with Gasteiger partial charge in [-0.05, 0) is 232 Å². The van der Waals surface area contributed by atoms with Crippen LogP contribution in [0.5, 0.6) is 0 Å². The monoisotopic (exact) mass is 958 g/mol. The molecule has 0 saturated heterocycles. The van der Waals surface area contributed by atoms with Crippen LogP contribution in [-0.2, 0) is 0 Å². The fourth-order valence-corrected chi connectivity index (χ4v) is 14.1. The van der Waals surface area contributed by atoms with Gasteiger partial charge in [0, 0.05) is 50.0 Å². The first-order chi connectivity index (χ1) is 35.4. The molecule has 5 heteroatoms. The molecule has 11 aromatic rings. The van der Waals surface area contributed by atoms with Gasteiger partial charge in [0.25, 0.3) is 0 Å². The highest BCUT2D eigenvalue weighted by Gasteiger charge is 2.46. The minimum absolute atomic E-state index is 0.00304. The number of anilines is 3. The predicted molar refractivity (Wildman–Crippen MR) is 323 cm³/mol. The van der Waals surface area contributed by atoms with Crippen molar-refractivity contribution in [1.29, 1.82) is 0 Å². The number of aryl methyl sites for hydroxylation is 5. The van der Waals surface area contributed by atoms with E-state index in [2.05, 4.69) is 239 Å². The van der Waals surface area contributed by atoms with Crippen LogP contribution in [0, 0.1) is 104 Å². The van der Waals surface area contributed by atoms with E-state index < -0.39 is 0 Å². The first-order valence-electron chi connectivity index (χ1n) is 26.8. The summed E-state index contributed by atoms with van der Waals surface area (Å²) < 4.78 is 5.05. The molecule has 0 amide bonds. The largest absolute Gasteiger partial charge is 0.312 e. The Kier molecular flexibility index (Phi) is 10.2.